The molecule has 1 spiro atoms. The molecular formula is C27H25F3N6O2S. The zero-order chi connectivity index (χ0) is 27.4. The highest BCUT2D eigenvalue weighted by molar-refractivity contribution is 7.99. The van der Waals surface area contributed by atoms with Crippen molar-refractivity contribution in [2.24, 2.45) is 5.41 Å². The summed E-state index contributed by atoms with van der Waals surface area (Å²) in [4.78, 5) is 29.3. The number of nitrogens with two attached hydrogens (primary N) is 1. The molecule has 1 aromatic carbocycles. The van der Waals surface area contributed by atoms with Crippen molar-refractivity contribution in [2.45, 2.75) is 35.0 Å². The third kappa shape index (κ3) is 4.41. The van der Waals surface area contributed by atoms with Crippen LogP contribution < -0.4 is 10.6 Å². The zero-order valence-electron chi connectivity index (χ0n) is 20.8. The Morgan fingerprint density at radius 2 is 1.85 bits per heavy atom. The molecule has 5 heterocycles. The van der Waals surface area contributed by atoms with Crippen LogP contribution in [0.1, 0.15) is 34.5 Å². The SMILES string of the molecule is C=C1c2ccccc2C(=O)N1C1COCC12CCN(c1cnc(Sc3cccnc3C(F)(F)F)c(N)n1)CC2. The number of aromatic nitrogens is 3. The maximum atomic E-state index is 13.3. The number of carbonyl (C=O) groups excluding carboxylic acids is 1. The van der Waals surface area contributed by atoms with E-state index in [1.165, 1.54) is 18.3 Å². The van der Waals surface area contributed by atoms with Gasteiger partial charge in [-0.25, -0.2) is 9.97 Å². The zero-order valence-corrected chi connectivity index (χ0v) is 21.6. The average Bonchev–Trinajstić information content (AvgIpc) is 3.42. The van der Waals surface area contributed by atoms with Crippen molar-refractivity contribution >= 4 is 35.0 Å². The Hall–Kier alpha value is -3.64. The van der Waals surface area contributed by atoms with E-state index < -0.39 is 11.9 Å². The minimum Gasteiger partial charge on any atom is -0.381 e. The van der Waals surface area contributed by atoms with Gasteiger partial charge in [-0.05, 0) is 31.0 Å². The molecule has 0 bridgehead atoms. The molecule has 1 atom stereocenters. The van der Waals surface area contributed by atoms with Crippen molar-refractivity contribution in [3.05, 3.63) is 72.2 Å². The number of nitrogen functional groups attached to an aromatic ring is 1. The van der Waals surface area contributed by atoms with Crippen LogP contribution >= 0.6 is 11.8 Å². The van der Waals surface area contributed by atoms with Gasteiger partial charge in [0, 0.05) is 46.4 Å². The van der Waals surface area contributed by atoms with Gasteiger partial charge in [-0.15, -0.1) is 0 Å². The first-order valence-electron chi connectivity index (χ1n) is 12.5. The second kappa shape index (κ2) is 9.53. The van der Waals surface area contributed by atoms with Crippen LogP contribution in [-0.2, 0) is 10.9 Å². The highest BCUT2D eigenvalue weighted by atomic mass is 32.2. The van der Waals surface area contributed by atoms with Crippen LogP contribution in [-0.4, -0.2) is 58.1 Å². The highest BCUT2D eigenvalue weighted by Gasteiger charge is 2.52. The van der Waals surface area contributed by atoms with E-state index >= 15 is 0 Å². The fraction of sp³-hybridized carbons (Fsp3) is 0.333. The van der Waals surface area contributed by atoms with Gasteiger partial charge in [-0.3, -0.25) is 9.78 Å². The molecule has 2 saturated heterocycles. The molecule has 2 N–H and O–H groups in total. The lowest BCUT2D eigenvalue weighted by atomic mass is 9.74. The summed E-state index contributed by atoms with van der Waals surface area (Å²) in [6, 6.07) is 10.2. The molecule has 3 aliphatic heterocycles. The molecule has 2 fully saturated rings. The number of halogens is 3. The van der Waals surface area contributed by atoms with Gasteiger partial charge in [-0.2, -0.15) is 13.2 Å². The summed E-state index contributed by atoms with van der Waals surface area (Å²) in [7, 11) is 0. The number of nitrogens with zero attached hydrogens (tertiary/aromatic N) is 5. The van der Waals surface area contributed by atoms with Gasteiger partial charge in [0.05, 0.1) is 25.5 Å². The van der Waals surface area contributed by atoms with Crippen molar-refractivity contribution in [2.75, 3.05) is 36.9 Å². The fourth-order valence-corrected chi connectivity index (χ4v) is 6.57. The molecule has 12 heteroatoms. The van der Waals surface area contributed by atoms with Crippen molar-refractivity contribution < 1.29 is 22.7 Å². The minimum atomic E-state index is -4.59. The van der Waals surface area contributed by atoms with Crippen molar-refractivity contribution in [3.8, 4) is 0 Å². The number of pyridine rings is 1. The number of hydrogen-bond donors (Lipinski definition) is 1. The first-order valence-corrected chi connectivity index (χ1v) is 13.3. The third-order valence-corrected chi connectivity index (χ3v) is 8.80. The Labute approximate surface area is 227 Å². The third-order valence-electron chi connectivity index (χ3n) is 7.74. The van der Waals surface area contributed by atoms with Crippen molar-refractivity contribution in [1.29, 1.82) is 0 Å². The first-order chi connectivity index (χ1) is 18.7. The lowest BCUT2D eigenvalue weighted by Gasteiger charge is -2.45. The maximum Gasteiger partial charge on any atom is 0.434 e. The molecule has 1 amide bonds. The van der Waals surface area contributed by atoms with Gasteiger partial charge >= 0.3 is 6.18 Å². The van der Waals surface area contributed by atoms with Gasteiger partial charge in [-0.1, -0.05) is 36.5 Å². The Bertz CT molecular complexity index is 1420. The van der Waals surface area contributed by atoms with Crippen molar-refractivity contribution in [3.63, 3.8) is 0 Å². The van der Waals surface area contributed by atoms with E-state index in [9.17, 15) is 18.0 Å². The number of piperidine rings is 1. The summed E-state index contributed by atoms with van der Waals surface area (Å²) in [6.07, 6.45) is -0.443. The van der Waals surface area contributed by atoms with E-state index in [1.54, 1.807) is 0 Å². The summed E-state index contributed by atoms with van der Waals surface area (Å²) in [5.74, 6) is 0.564. The van der Waals surface area contributed by atoms with Gasteiger partial charge in [0.2, 0.25) is 0 Å². The van der Waals surface area contributed by atoms with E-state index in [2.05, 4.69) is 26.4 Å². The number of anilines is 2. The molecule has 0 aliphatic carbocycles. The topological polar surface area (TPSA) is 97.5 Å². The van der Waals surface area contributed by atoms with Crippen LogP contribution in [0.15, 0.2) is 65.3 Å². The second-order valence-corrected chi connectivity index (χ2v) is 10.9. The largest absolute Gasteiger partial charge is 0.434 e. The van der Waals surface area contributed by atoms with Crippen LogP contribution in [0.3, 0.4) is 0 Å². The quantitative estimate of drug-likeness (QED) is 0.494. The molecule has 202 valence electrons. The van der Waals surface area contributed by atoms with E-state index in [0.717, 1.165) is 36.4 Å². The molecule has 0 saturated carbocycles. The monoisotopic (exact) mass is 554 g/mol. The molecule has 6 rings (SSSR count). The molecular weight excluding hydrogens is 529 g/mol. The summed E-state index contributed by atoms with van der Waals surface area (Å²) in [5, 5.41) is 0.181. The molecule has 39 heavy (non-hydrogen) atoms. The van der Waals surface area contributed by atoms with Crippen LogP contribution in [0, 0.1) is 5.41 Å². The van der Waals surface area contributed by atoms with Crippen LogP contribution in [0.4, 0.5) is 24.8 Å². The van der Waals surface area contributed by atoms with E-state index in [0.29, 0.717) is 43.4 Å². The lowest BCUT2D eigenvalue weighted by molar-refractivity contribution is -0.143. The number of fused-ring (bicyclic) bond motifs is 1. The van der Waals surface area contributed by atoms with E-state index in [1.807, 2.05) is 29.2 Å². The number of rotatable bonds is 4. The smallest absolute Gasteiger partial charge is 0.381 e. The van der Waals surface area contributed by atoms with E-state index in [-0.39, 0.29) is 33.1 Å². The second-order valence-electron chi connectivity index (χ2n) is 9.92. The van der Waals surface area contributed by atoms with Gasteiger partial charge in [0.15, 0.2) is 11.5 Å². The predicted molar refractivity (Wildman–Crippen MR) is 140 cm³/mol. The number of amides is 1. The maximum absolute atomic E-state index is 13.3. The Morgan fingerprint density at radius 1 is 1.10 bits per heavy atom. The number of alkyl halides is 3. The summed E-state index contributed by atoms with van der Waals surface area (Å²) in [6.45, 7) is 6.50. The van der Waals surface area contributed by atoms with Gasteiger partial charge in [0.1, 0.15) is 10.8 Å². The highest BCUT2D eigenvalue weighted by Crippen LogP contribution is 2.47. The van der Waals surface area contributed by atoms with Crippen LogP contribution in [0.25, 0.3) is 5.70 Å². The molecule has 1 unspecified atom stereocenters. The summed E-state index contributed by atoms with van der Waals surface area (Å²) < 4.78 is 45.9. The minimum absolute atomic E-state index is 0.0399. The number of benzene rings is 1. The van der Waals surface area contributed by atoms with Crippen molar-refractivity contribution in [1.82, 2.24) is 19.9 Å². The summed E-state index contributed by atoms with van der Waals surface area (Å²) in [5.41, 5.74) is 7.16. The average molecular weight is 555 g/mol. The Morgan fingerprint density at radius 3 is 2.54 bits per heavy atom. The lowest BCUT2D eigenvalue weighted by Crippen LogP contribution is -2.52. The molecule has 0 radical (unpaired) electrons. The molecule has 8 nitrogen and oxygen atoms in total. The van der Waals surface area contributed by atoms with Crippen LogP contribution in [0.5, 0.6) is 0 Å². The van der Waals surface area contributed by atoms with Gasteiger partial charge in [0.25, 0.3) is 5.91 Å². The van der Waals surface area contributed by atoms with Gasteiger partial charge < -0.3 is 20.3 Å². The summed E-state index contributed by atoms with van der Waals surface area (Å²) >= 11 is 0.786. The standard InChI is InChI=1S/C27H25F3N6O2S/c1-16-17-5-2-3-6-18(17)25(37)36(16)20-14-38-15-26(20)8-11-35(12-9-26)21-13-33-24(23(31)34-21)39-19-7-4-10-32-22(19)27(28,29)30/h2-7,10,13,20H,1,8-9,11-12,14-15H2,(H2,31,34). The van der Waals surface area contributed by atoms with E-state index in [4.69, 9.17) is 10.5 Å². The fourth-order valence-electron chi connectivity index (χ4n) is 5.69. The normalized spacial score (nSPS) is 20.6. The predicted octanol–water partition coefficient (Wildman–Crippen LogP) is 4.74. The molecule has 2 aromatic heterocycles. The van der Waals surface area contributed by atoms with Crippen LogP contribution in [0.2, 0.25) is 0 Å². The number of ether oxygens (including phenoxy) is 1. The molecule has 3 aromatic rings. The Kier molecular flexibility index (Phi) is 6.26. The Balaban J connectivity index is 1.17. The first kappa shape index (κ1) is 25.6. The number of hydrogen-bond acceptors (Lipinski definition) is 8. The number of carbonyl (C=O) groups is 1. The molecule has 3 aliphatic rings.